The maximum absolute atomic E-state index is 14.3. The van der Waals surface area contributed by atoms with E-state index in [0.717, 1.165) is 6.07 Å². The molecule has 0 aromatic heterocycles. The molecule has 7 heteroatoms. The minimum absolute atomic E-state index is 0.133. The zero-order valence-electron chi connectivity index (χ0n) is 12.0. The van der Waals surface area contributed by atoms with E-state index in [1.54, 1.807) is 0 Å². The molecule has 3 nitrogen and oxygen atoms in total. The Hall–Kier alpha value is -1.18. The summed E-state index contributed by atoms with van der Waals surface area (Å²) in [5.41, 5.74) is -3.21. The van der Waals surface area contributed by atoms with E-state index in [1.807, 2.05) is 11.9 Å². The van der Waals surface area contributed by atoms with Crippen LogP contribution in [0.25, 0.3) is 0 Å². The van der Waals surface area contributed by atoms with E-state index in [-0.39, 0.29) is 30.5 Å². The highest BCUT2D eigenvalue weighted by Crippen LogP contribution is 2.43. The van der Waals surface area contributed by atoms with Gasteiger partial charge in [0.25, 0.3) is 0 Å². The maximum Gasteiger partial charge on any atom is 0.419 e. The van der Waals surface area contributed by atoms with Crippen LogP contribution in [0.1, 0.15) is 24.0 Å². The standard InChI is InChI=1S/C15H17F4NO2/c1-20-9-5-14(21,6-10(20)8-22-7-9)11-3-2-4-12(13(11)16)15(17,18)19/h2-4,9-10,21H,5-8H2,1H3. The maximum atomic E-state index is 14.3. The molecule has 0 saturated carbocycles. The number of aliphatic hydroxyl groups is 1. The van der Waals surface area contributed by atoms with Crippen molar-refractivity contribution in [2.45, 2.75) is 36.7 Å². The average molecular weight is 319 g/mol. The van der Waals surface area contributed by atoms with Crippen molar-refractivity contribution in [1.82, 2.24) is 4.90 Å². The number of halogens is 4. The minimum Gasteiger partial charge on any atom is -0.385 e. The number of alkyl halides is 3. The van der Waals surface area contributed by atoms with Crippen molar-refractivity contribution in [3.63, 3.8) is 0 Å². The lowest BCUT2D eigenvalue weighted by atomic mass is 9.76. The van der Waals surface area contributed by atoms with Crippen LogP contribution in [0.15, 0.2) is 18.2 Å². The summed E-state index contributed by atoms with van der Waals surface area (Å²) in [5.74, 6) is -1.37. The van der Waals surface area contributed by atoms with Crippen molar-refractivity contribution in [2.75, 3.05) is 20.3 Å². The molecule has 2 fully saturated rings. The van der Waals surface area contributed by atoms with E-state index in [4.69, 9.17) is 4.74 Å². The molecule has 1 N–H and O–H groups in total. The quantitative estimate of drug-likeness (QED) is 0.808. The Morgan fingerprint density at radius 1 is 1.23 bits per heavy atom. The zero-order valence-corrected chi connectivity index (χ0v) is 12.0. The Morgan fingerprint density at radius 2 is 1.82 bits per heavy atom. The van der Waals surface area contributed by atoms with Gasteiger partial charge in [0.15, 0.2) is 0 Å². The third-order valence-corrected chi connectivity index (χ3v) is 4.72. The molecule has 0 spiro atoms. The normalized spacial score (nSPS) is 33.0. The van der Waals surface area contributed by atoms with Crippen molar-refractivity contribution in [2.24, 2.45) is 0 Å². The lowest BCUT2D eigenvalue weighted by Crippen LogP contribution is -2.59. The summed E-state index contributed by atoms with van der Waals surface area (Å²) >= 11 is 0. The van der Waals surface area contributed by atoms with Crippen LogP contribution in [0.2, 0.25) is 0 Å². The summed E-state index contributed by atoms with van der Waals surface area (Å²) in [7, 11) is 1.89. The van der Waals surface area contributed by atoms with Gasteiger partial charge in [-0.1, -0.05) is 12.1 Å². The molecule has 2 bridgehead atoms. The van der Waals surface area contributed by atoms with Gasteiger partial charge in [0, 0.05) is 17.6 Å². The van der Waals surface area contributed by atoms with Gasteiger partial charge in [0.1, 0.15) is 5.82 Å². The molecule has 2 saturated heterocycles. The number of ether oxygens (including phenoxy) is 1. The van der Waals surface area contributed by atoms with Crippen LogP contribution in [-0.4, -0.2) is 42.4 Å². The Labute approximate surface area is 125 Å². The predicted molar refractivity (Wildman–Crippen MR) is 70.7 cm³/mol. The van der Waals surface area contributed by atoms with Crippen LogP contribution in [0.3, 0.4) is 0 Å². The predicted octanol–water partition coefficient (Wildman–Crippen LogP) is 2.53. The van der Waals surface area contributed by atoms with Crippen LogP contribution in [0, 0.1) is 5.82 Å². The van der Waals surface area contributed by atoms with Gasteiger partial charge < -0.3 is 9.84 Å². The van der Waals surface area contributed by atoms with Crippen LogP contribution in [-0.2, 0) is 16.5 Å². The van der Waals surface area contributed by atoms with E-state index in [2.05, 4.69) is 0 Å². The molecular formula is C15H17F4NO2. The molecule has 122 valence electrons. The third kappa shape index (κ3) is 2.51. The zero-order chi connectivity index (χ0) is 16.1. The summed E-state index contributed by atoms with van der Waals surface area (Å²) < 4.78 is 58.4. The number of piperidine rings is 1. The van der Waals surface area contributed by atoms with E-state index in [0.29, 0.717) is 19.3 Å². The van der Waals surface area contributed by atoms with Crippen molar-refractivity contribution in [3.8, 4) is 0 Å². The molecule has 2 atom stereocenters. The summed E-state index contributed by atoms with van der Waals surface area (Å²) in [6.45, 7) is 0.770. The van der Waals surface area contributed by atoms with Crippen molar-refractivity contribution in [3.05, 3.63) is 35.1 Å². The summed E-state index contributed by atoms with van der Waals surface area (Å²) in [6.07, 6.45) is -4.47. The first kappa shape index (κ1) is 15.7. The fraction of sp³-hybridized carbons (Fsp3) is 0.600. The molecule has 2 aliphatic rings. The van der Waals surface area contributed by atoms with Gasteiger partial charge in [-0.25, -0.2) is 4.39 Å². The van der Waals surface area contributed by atoms with E-state index < -0.39 is 23.2 Å². The first-order valence-corrected chi connectivity index (χ1v) is 7.10. The van der Waals surface area contributed by atoms with Gasteiger partial charge in [0.2, 0.25) is 0 Å². The molecule has 22 heavy (non-hydrogen) atoms. The highest BCUT2D eigenvalue weighted by atomic mass is 19.4. The highest BCUT2D eigenvalue weighted by molar-refractivity contribution is 5.33. The number of hydrogen-bond acceptors (Lipinski definition) is 3. The Bertz CT molecular complexity index is 561. The Balaban J connectivity index is 2.00. The monoisotopic (exact) mass is 319 g/mol. The van der Waals surface area contributed by atoms with Gasteiger partial charge >= 0.3 is 6.18 Å². The Morgan fingerprint density at radius 3 is 2.36 bits per heavy atom. The number of hydrogen-bond donors (Lipinski definition) is 1. The van der Waals surface area contributed by atoms with Gasteiger partial charge in [-0.05, 0) is 26.0 Å². The molecule has 1 aromatic carbocycles. The topological polar surface area (TPSA) is 32.7 Å². The van der Waals surface area contributed by atoms with E-state index in [1.165, 1.54) is 6.07 Å². The molecule has 2 heterocycles. The SMILES string of the molecule is CN1C2COCC1CC(O)(c1cccc(C(F)(F)F)c1F)C2. The molecule has 0 radical (unpaired) electrons. The summed E-state index contributed by atoms with van der Waals surface area (Å²) in [6, 6.07) is 2.81. The van der Waals surface area contributed by atoms with Gasteiger partial charge in [-0.3, -0.25) is 4.90 Å². The van der Waals surface area contributed by atoms with Gasteiger partial charge in [-0.15, -0.1) is 0 Å². The largest absolute Gasteiger partial charge is 0.419 e. The molecule has 3 rings (SSSR count). The minimum atomic E-state index is -4.78. The second-order valence-corrected chi connectivity index (χ2v) is 6.12. The van der Waals surface area contributed by atoms with Crippen LogP contribution in [0.4, 0.5) is 17.6 Å². The third-order valence-electron chi connectivity index (χ3n) is 4.72. The Kier molecular flexibility index (Phi) is 3.70. The molecule has 1 aromatic rings. The van der Waals surface area contributed by atoms with E-state index >= 15 is 0 Å². The van der Waals surface area contributed by atoms with Crippen LogP contribution in [0.5, 0.6) is 0 Å². The van der Waals surface area contributed by atoms with Crippen LogP contribution < -0.4 is 0 Å². The number of likely N-dealkylation sites (N-methyl/N-ethyl adjacent to an activating group) is 1. The second-order valence-electron chi connectivity index (χ2n) is 6.12. The number of nitrogens with zero attached hydrogens (tertiary/aromatic N) is 1. The summed E-state index contributed by atoms with van der Waals surface area (Å²) in [4.78, 5) is 2.05. The smallest absolute Gasteiger partial charge is 0.385 e. The fourth-order valence-electron chi connectivity index (χ4n) is 3.47. The number of rotatable bonds is 1. The van der Waals surface area contributed by atoms with Crippen LogP contribution >= 0.6 is 0 Å². The molecule has 2 unspecified atom stereocenters. The molecule has 2 aliphatic heterocycles. The molecule has 0 aliphatic carbocycles. The highest BCUT2D eigenvalue weighted by Gasteiger charge is 2.48. The van der Waals surface area contributed by atoms with Crippen molar-refractivity contribution in [1.29, 1.82) is 0 Å². The first-order valence-electron chi connectivity index (χ1n) is 7.10. The second kappa shape index (κ2) is 5.18. The fourth-order valence-corrected chi connectivity index (χ4v) is 3.47. The first-order chi connectivity index (χ1) is 10.2. The molecular weight excluding hydrogens is 302 g/mol. The van der Waals surface area contributed by atoms with Gasteiger partial charge in [-0.2, -0.15) is 13.2 Å². The lowest BCUT2D eigenvalue weighted by molar-refractivity contribution is -0.144. The number of fused-ring (bicyclic) bond motifs is 2. The number of benzene rings is 1. The summed E-state index contributed by atoms with van der Waals surface area (Å²) in [5, 5.41) is 10.8. The molecule has 0 amide bonds. The van der Waals surface area contributed by atoms with Crippen molar-refractivity contribution >= 4 is 0 Å². The average Bonchev–Trinajstić information content (AvgIpc) is 2.39. The van der Waals surface area contributed by atoms with Crippen molar-refractivity contribution < 1.29 is 27.4 Å². The number of morpholine rings is 1. The van der Waals surface area contributed by atoms with Gasteiger partial charge in [0.05, 0.1) is 24.4 Å². The van der Waals surface area contributed by atoms with E-state index in [9.17, 15) is 22.7 Å². The lowest BCUT2D eigenvalue weighted by Gasteiger charge is -2.50.